The van der Waals surface area contributed by atoms with Crippen molar-refractivity contribution in [1.29, 1.82) is 0 Å². The van der Waals surface area contributed by atoms with Gasteiger partial charge in [-0.3, -0.25) is 10.1 Å². The molecule has 33 heavy (non-hydrogen) atoms. The molecule has 2 aromatic heterocycles. The van der Waals surface area contributed by atoms with Crippen LogP contribution in [0.2, 0.25) is 10.0 Å². The van der Waals surface area contributed by atoms with Gasteiger partial charge in [0.25, 0.3) is 5.91 Å². The van der Waals surface area contributed by atoms with Gasteiger partial charge in [0.2, 0.25) is 5.95 Å². The van der Waals surface area contributed by atoms with Gasteiger partial charge >= 0.3 is 0 Å². The van der Waals surface area contributed by atoms with Gasteiger partial charge in [-0.15, -0.1) is 5.10 Å². The minimum atomic E-state index is -0.449. The number of halogens is 2. The number of anilines is 1. The van der Waals surface area contributed by atoms with Crippen molar-refractivity contribution in [3.05, 3.63) is 93.6 Å². The zero-order valence-electron chi connectivity index (χ0n) is 18.1. The first-order valence-corrected chi connectivity index (χ1v) is 11.1. The number of rotatable bonds is 8. The number of carbonyl (C=O) groups is 1. The van der Waals surface area contributed by atoms with E-state index in [4.69, 9.17) is 32.4 Å². The van der Waals surface area contributed by atoms with Crippen LogP contribution in [0.3, 0.4) is 0 Å². The summed E-state index contributed by atoms with van der Waals surface area (Å²) in [6.45, 7) is 4.92. The molecule has 0 saturated carbocycles. The van der Waals surface area contributed by atoms with E-state index >= 15 is 0 Å². The Morgan fingerprint density at radius 1 is 1.09 bits per heavy atom. The maximum absolute atomic E-state index is 12.5. The van der Waals surface area contributed by atoms with Crippen LogP contribution in [0.1, 0.15) is 47.2 Å². The molecule has 0 spiro atoms. The average Bonchev–Trinajstić information content (AvgIpc) is 3.45. The van der Waals surface area contributed by atoms with Crippen LogP contribution in [-0.2, 0) is 13.2 Å². The quantitative estimate of drug-likeness (QED) is 0.322. The molecule has 170 valence electrons. The monoisotopic (exact) mass is 484 g/mol. The van der Waals surface area contributed by atoms with Crippen LogP contribution < -0.4 is 10.1 Å². The first-order valence-electron chi connectivity index (χ1n) is 10.3. The first-order chi connectivity index (χ1) is 15.9. The fourth-order valence-corrected chi connectivity index (χ4v) is 3.42. The number of carbonyl (C=O) groups excluding carboxylic acids is 1. The highest BCUT2D eigenvalue weighted by atomic mass is 35.5. The second-order valence-corrected chi connectivity index (χ2v) is 8.56. The fourth-order valence-electron chi connectivity index (χ4n) is 3.10. The number of nitrogens with one attached hydrogen (secondary N) is 1. The molecule has 0 atom stereocenters. The Morgan fingerprint density at radius 3 is 2.61 bits per heavy atom. The van der Waals surface area contributed by atoms with Crippen molar-refractivity contribution in [2.24, 2.45) is 0 Å². The summed E-state index contributed by atoms with van der Waals surface area (Å²) >= 11 is 12.0. The molecular formula is C24H22Cl2N4O3. The van der Waals surface area contributed by atoms with Crippen molar-refractivity contribution >= 4 is 35.1 Å². The highest BCUT2D eigenvalue weighted by Gasteiger charge is 2.14. The largest absolute Gasteiger partial charge is 0.486 e. The third kappa shape index (κ3) is 5.94. The van der Waals surface area contributed by atoms with Gasteiger partial charge in [0.15, 0.2) is 5.76 Å². The van der Waals surface area contributed by atoms with Gasteiger partial charge in [-0.25, -0.2) is 9.67 Å². The van der Waals surface area contributed by atoms with E-state index in [-0.39, 0.29) is 18.3 Å². The smallest absolute Gasteiger partial charge is 0.293 e. The second-order valence-electron chi connectivity index (χ2n) is 7.75. The number of furan rings is 1. The van der Waals surface area contributed by atoms with E-state index in [2.05, 4.69) is 29.2 Å². The molecule has 0 bridgehead atoms. The van der Waals surface area contributed by atoms with E-state index in [0.717, 1.165) is 11.3 Å². The van der Waals surface area contributed by atoms with Crippen LogP contribution in [-0.4, -0.2) is 20.7 Å². The van der Waals surface area contributed by atoms with Gasteiger partial charge in [-0.05, 0) is 53.4 Å². The number of nitrogens with zero attached hydrogens (tertiary/aromatic N) is 3. The fraction of sp³-hybridized carbons (Fsp3) is 0.208. The maximum Gasteiger partial charge on any atom is 0.293 e. The molecule has 0 radical (unpaired) electrons. The summed E-state index contributed by atoms with van der Waals surface area (Å²) in [4.78, 5) is 16.6. The van der Waals surface area contributed by atoms with E-state index in [1.54, 1.807) is 28.9 Å². The Hall–Kier alpha value is -3.29. The number of ether oxygens (including phenoxy) is 1. The number of aromatic nitrogens is 3. The highest BCUT2D eigenvalue weighted by Crippen LogP contribution is 2.23. The summed E-state index contributed by atoms with van der Waals surface area (Å²) < 4.78 is 12.9. The van der Waals surface area contributed by atoms with Crippen molar-refractivity contribution < 1.29 is 13.9 Å². The number of hydrogen-bond donors (Lipinski definition) is 1. The summed E-state index contributed by atoms with van der Waals surface area (Å²) in [6, 6.07) is 16.5. The molecule has 0 aliphatic heterocycles. The molecule has 0 saturated heterocycles. The standard InChI is InChI=1S/C24H22Cl2N4O3/c1-15(2)17-4-6-18(7-5-17)32-13-19-8-10-22(33-19)23(31)28-24-27-14-30(29-24)12-16-3-9-20(25)21(26)11-16/h3-11,14-15H,12-13H2,1-2H3,(H,28,29,31). The molecule has 2 aromatic carbocycles. The Labute approximate surface area is 201 Å². The van der Waals surface area contributed by atoms with E-state index < -0.39 is 5.91 Å². The molecule has 2 heterocycles. The number of hydrogen-bond acceptors (Lipinski definition) is 5. The molecule has 0 aliphatic rings. The Balaban J connectivity index is 1.31. The zero-order chi connectivity index (χ0) is 23.4. The van der Waals surface area contributed by atoms with E-state index in [0.29, 0.717) is 28.3 Å². The zero-order valence-corrected chi connectivity index (χ0v) is 19.6. The number of amides is 1. The lowest BCUT2D eigenvalue weighted by Gasteiger charge is -2.07. The van der Waals surface area contributed by atoms with Gasteiger partial charge < -0.3 is 9.15 Å². The summed E-state index contributed by atoms with van der Waals surface area (Å²) in [7, 11) is 0. The molecule has 0 unspecified atom stereocenters. The maximum atomic E-state index is 12.5. The van der Waals surface area contributed by atoms with Gasteiger partial charge in [0.05, 0.1) is 16.6 Å². The van der Waals surface area contributed by atoms with E-state index in [1.165, 1.54) is 11.9 Å². The normalized spacial score (nSPS) is 11.1. The molecule has 0 aliphatic carbocycles. The number of benzene rings is 2. The Kier molecular flexibility index (Phi) is 7.01. The minimum absolute atomic E-state index is 0.143. The Bertz CT molecular complexity index is 1250. The van der Waals surface area contributed by atoms with Crippen LogP contribution in [0.4, 0.5) is 5.95 Å². The van der Waals surface area contributed by atoms with Crippen molar-refractivity contribution in [3.8, 4) is 5.75 Å². The highest BCUT2D eigenvalue weighted by molar-refractivity contribution is 6.42. The molecule has 4 aromatic rings. The van der Waals surface area contributed by atoms with Gasteiger partial charge in [0.1, 0.15) is 24.4 Å². The summed E-state index contributed by atoms with van der Waals surface area (Å²) in [5, 5.41) is 7.83. The lowest BCUT2D eigenvalue weighted by Crippen LogP contribution is -2.12. The molecule has 7 nitrogen and oxygen atoms in total. The molecule has 9 heteroatoms. The molecule has 1 N–H and O–H groups in total. The summed E-state index contributed by atoms with van der Waals surface area (Å²) in [5.74, 6) is 1.59. The second kappa shape index (κ2) is 10.1. The van der Waals surface area contributed by atoms with E-state index in [9.17, 15) is 4.79 Å². The lowest BCUT2D eigenvalue weighted by atomic mass is 10.0. The lowest BCUT2D eigenvalue weighted by molar-refractivity contribution is 0.0991. The van der Waals surface area contributed by atoms with Crippen LogP contribution >= 0.6 is 23.2 Å². The van der Waals surface area contributed by atoms with Gasteiger partial charge in [-0.1, -0.05) is 55.2 Å². The van der Waals surface area contributed by atoms with Crippen molar-refractivity contribution in [2.75, 3.05) is 5.32 Å². The van der Waals surface area contributed by atoms with Gasteiger partial charge in [-0.2, -0.15) is 0 Å². The van der Waals surface area contributed by atoms with Crippen LogP contribution in [0.15, 0.2) is 65.3 Å². The summed E-state index contributed by atoms with van der Waals surface area (Å²) in [5.41, 5.74) is 2.15. The SMILES string of the molecule is CC(C)c1ccc(OCc2ccc(C(=O)Nc3ncn(Cc4ccc(Cl)c(Cl)c4)n3)o2)cc1. The summed E-state index contributed by atoms with van der Waals surface area (Å²) in [6.07, 6.45) is 1.52. The van der Waals surface area contributed by atoms with Crippen LogP contribution in [0.25, 0.3) is 0 Å². The molecular weight excluding hydrogens is 463 g/mol. The molecule has 1 amide bonds. The third-order valence-corrected chi connectivity index (χ3v) is 5.64. The van der Waals surface area contributed by atoms with E-state index in [1.807, 2.05) is 30.3 Å². The Morgan fingerprint density at radius 2 is 1.88 bits per heavy atom. The predicted octanol–water partition coefficient (Wildman–Crippen LogP) is 6.18. The van der Waals surface area contributed by atoms with Crippen molar-refractivity contribution in [3.63, 3.8) is 0 Å². The van der Waals surface area contributed by atoms with Crippen molar-refractivity contribution in [1.82, 2.24) is 14.8 Å². The predicted molar refractivity (Wildman–Crippen MR) is 127 cm³/mol. The minimum Gasteiger partial charge on any atom is -0.486 e. The van der Waals surface area contributed by atoms with Gasteiger partial charge in [0, 0.05) is 0 Å². The molecule has 0 fully saturated rings. The third-order valence-electron chi connectivity index (χ3n) is 4.90. The first kappa shape index (κ1) is 22.9. The average molecular weight is 485 g/mol. The van der Waals surface area contributed by atoms with Crippen LogP contribution in [0.5, 0.6) is 5.75 Å². The van der Waals surface area contributed by atoms with Crippen LogP contribution in [0, 0.1) is 0 Å². The topological polar surface area (TPSA) is 82.2 Å². The molecule has 4 rings (SSSR count). The van der Waals surface area contributed by atoms with Crippen molar-refractivity contribution in [2.45, 2.75) is 32.9 Å².